The standard InChI is InChI=1S/C18H24N4O7/c1-4-11-9-22(16-14(25)13(24)10(3)29-16)17(26)20-15(11)21-18(27)28-8-6-7-19-12(23)5-2/h1,9-10,13-14,16,24-25H,5-8H2,2-3H3,(H,19,23)(H,20,21,26,27)/t10-,13?,14?,16-/m1/s1. The summed E-state index contributed by atoms with van der Waals surface area (Å²) in [5, 5.41) is 24.8. The van der Waals surface area contributed by atoms with Crippen LogP contribution in [0.1, 0.15) is 38.5 Å². The number of ether oxygens (including phenoxy) is 2. The molecule has 4 N–H and O–H groups in total. The summed E-state index contributed by atoms with van der Waals surface area (Å²) < 4.78 is 11.3. The average molecular weight is 408 g/mol. The van der Waals surface area contributed by atoms with Crippen LogP contribution in [0.3, 0.4) is 0 Å². The first-order chi connectivity index (χ1) is 13.8. The van der Waals surface area contributed by atoms with Crippen molar-refractivity contribution in [2.24, 2.45) is 0 Å². The molecule has 0 saturated carbocycles. The van der Waals surface area contributed by atoms with Crippen molar-refractivity contribution < 1.29 is 29.3 Å². The van der Waals surface area contributed by atoms with Crippen molar-refractivity contribution in [1.29, 1.82) is 0 Å². The van der Waals surface area contributed by atoms with Gasteiger partial charge in [-0.1, -0.05) is 12.8 Å². The Kier molecular flexibility index (Phi) is 7.72. The van der Waals surface area contributed by atoms with E-state index in [9.17, 15) is 24.6 Å². The topological polar surface area (TPSA) is 152 Å². The van der Waals surface area contributed by atoms with Gasteiger partial charge in [0.05, 0.1) is 18.3 Å². The van der Waals surface area contributed by atoms with Gasteiger partial charge in [-0.3, -0.25) is 14.7 Å². The smallest absolute Gasteiger partial charge is 0.412 e. The maximum absolute atomic E-state index is 12.3. The van der Waals surface area contributed by atoms with E-state index in [0.717, 1.165) is 4.57 Å². The van der Waals surface area contributed by atoms with Gasteiger partial charge in [0.25, 0.3) is 0 Å². The summed E-state index contributed by atoms with van der Waals surface area (Å²) in [4.78, 5) is 39.0. The molecule has 2 heterocycles. The highest BCUT2D eigenvalue weighted by atomic mass is 16.6. The number of nitrogens with one attached hydrogen (secondary N) is 2. The number of anilines is 1. The first-order valence-electron chi connectivity index (χ1n) is 9.10. The fourth-order valence-corrected chi connectivity index (χ4v) is 2.63. The molecule has 158 valence electrons. The molecule has 4 atom stereocenters. The molecule has 0 spiro atoms. The highest BCUT2D eigenvalue weighted by molar-refractivity contribution is 5.84. The molecule has 1 aliphatic rings. The summed E-state index contributed by atoms with van der Waals surface area (Å²) in [5.41, 5.74) is -0.784. The third kappa shape index (κ3) is 5.54. The summed E-state index contributed by atoms with van der Waals surface area (Å²) in [5.74, 6) is 2.00. The summed E-state index contributed by atoms with van der Waals surface area (Å²) in [7, 11) is 0. The second-order valence-electron chi connectivity index (χ2n) is 6.37. The molecular weight excluding hydrogens is 384 g/mol. The van der Waals surface area contributed by atoms with Crippen molar-refractivity contribution in [3.05, 3.63) is 22.2 Å². The summed E-state index contributed by atoms with van der Waals surface area (Å²) in [6.07, 6.45) is 2.17. The third-order valence-corrected chi connectivity index (χ3v) is 4.28. The molecule has 2 amide bonds. The molecule has 11 nitrogen and oxygen atoms in total. The molecule has 0 radical (unpaired) electrons. The molecular formula is C18H24N4O7. The van der Waals surface area contributed by atoms with Crippen molar-refractivity contribution in [3.63, 3.8) is 0 Å². The molecule has 0 bridgehead atoms. The molecule has 1 aromatic heterocycles. The Bertz CT molecular complexity index is 848. The highest BCUT2D eigenvalue weighted by Gasteiger charge is 2.42. The Hall–Kier alpha value is -2.94. The van der Waals surface area contributed by atoms with Gasteiger partial charge in [-0.05, 0) is 13.3 Å². The first-order valence-corrected chi connectivity index (χ1v) is 9.10. The van der Waals surface area contributed by atoms with E-state index in [2.05, 4.69) is 21.5 Å². The lowest BCUT2D eigenvalue weighted by Gasteiger charge is -2.18. The Balaban J connectivity index is 2.01. The molecule has 2 rings (SSSR count). The minimum atomic E-state index is -1.34. The fourth-order valence-electron chi connectivity index (χ4n) is 2.63. The van der Waals surface area contributed by atoms with Crippen LogP contribution in [0.25, 0.3) is 0 Å². The van der Waals surface area contributed by atoms with E-state index in [-0.39, 0.29) is 23.9 Å². The van der Waals surface area contributed by atoms with Gasteiger partial charge >= 0.3 is 11.8 Å². The summed E-state index contributed by atoms with van der Waals surface area (Å²) >= 11 is 0. The highest BCUT2D eigenvalue weighted by Crippen LogP contribution is 2.28. The van der Waals surface area contributed by atoms with Crippen LogP contribution in [0.2, 0.25) is 0 Å². The van der Waals surface area contributed by atoms with E-state index in [1.165, 1.54) is 6.20 Å². The largest absolute Gasteiger partial charge is 0.449 e. The quantitative estimate of drug-likeness (QED) is 0.342. The van der Waals surface area contributed by atoms with Crippen LogP contribution >= 0.6 is 0 Å². The monoisotopic (exact) mass is 408 g/mol. The van der Waals surface area contributed by atoms with E-state index < -0.39 is 36.3 Å². The molecule has 1 fully saturated rings. The summed E-state index contributed by atoms with van der Waals surface area (Å²) in [6.45, 7) is 3.67. The second-order valence-corrected chi connectivity index (χ2v) is 6.37. The van der Waals surface area contributed by atoms with E-state index in [0.29, 0.717) is 19.4 Å². The zero-order chi connectivity index (χ0) is 21.6. The predicted octanol–water partition coefficient (Wildman–Crippen LogP) is -0.671. The van der Waals surface area contributed by atoms with Gasteiger partial charge in [-0.2, -0.15) is 4.98 Å². The Labute approximate surface area is 167 Å². The van der Waals surface area contributed by atoms with Crippen molar-refractivity contribution in [1.82, 2.24) is 14.9 Å². The molecule has 29 heavy (non-hydrogen) atoms. The zero-order valence-electron chi connectivity index (χ0n) is 16.1. The van der Waals surface area contributed by atoms with Crippen LogP contribution in [0.15, 0.2) is 11.0 Å². The number of aliphatic hydroxyl groups excluding tert-OH is 2. The van der Waals surface area contributed by atoms with E-state index in [4.69, 9.17) is 15.9 Å². The van der Waals surface area contributed by atoms with Gasteiger partial charge in [0.2, 0.25) is 5.91 Å². The maximum atomic E-state index is 12.3. The van der Waals surface area contributed by atoms with Crippen molar-refractivity contribution >= 4 is 17.8 Å². The van der Waals surface area contributed by atoms with Crippen LogP contribution in [0.5, 0.6) is 0 Å². The van der Waals surface area contributed by atoms with Gasteiger partial charge < -0.3 is 25.0 Å². The number of hydrogen-bond donors (Lipinski definition) is 4. The second kappa shape index (κ2) is 10.0. The number of terminal acetylenes is 1. The Morgan fingerprint density at radius 3 is 2.72 bits per heavy atom. The van der Waals surface area contributed by atoms with E-state index in [1.54, 1.807) is 13.8 Å². The first kappa shape index (κ1) is 22.4. The molecule has 11 heteroatoms. The Morgan fingerprint density at radius 2 is 2.14 bits per heavy atom. The molecule has 1 aliphatic heterocycles. The molecule has 1 aromatic rings. The maximum Gasteiger partial charge on any atom is 0.412 e. The lowest BCUT2D eigenvalue weighted by molar-refractivity contribution is -0.120. The lowest BCUT2D eigenvalue weighted by Crippen LogP contribution is -2.36. The van der Waals surface area contributed by atoms with Crippen molar-refractivity contribution in [2.75, 3.05) is 18.5 Å². The number of carbonyl (C=O) groups excluding carboxylic acids is 2. The van der Waals surface area contributed by atoms with Crippen LogP contribution in [-0.2, 0) is 14.3 Å². The van der Waals surface area contributed by atoms with Crippen LogP contribution in [0.4, 0.5) is 10.6 Å². The van der Waals surface area contributed by atoms with Gasteiger partial charge in [0, 0.05) is 19.2 Å². The molecule has 2 unspecified atom stereocenters. The van der Waals surface area contributed by atoms with Gasteiger partial charge in [-0.15, -0.1) is 6.42 Å². The third-order valence-electron chi connectivity index (χ3n) is 4.28. The molecule has 1 saturated heterocycles. The van der Waals surface area contributed by atoms with E-state index in [1.807, 2.05) is 0 Å². The average Bonchev–Trinajstić information content (AvgIpc) is 2.95. The van der Waals surface area contributed by atoms with Crippen LogP contribution in [0, 0.1) is 12.3 Å². The van der Waals surface area contributed by atoms with Crippen LogP contribution < -0.4 is 16.3 Å². The number of aliphatic hydroxyl groups is 2. The van der Waals surface area contributed by atoms with Crippen molar-refractivity contribution in [2.45, 2.75) is 51.2 Å². The molecule has 0 aromatic carbocycles. The normalized spacial score (nSPS) is 23.3. The predicted molar refractivity (Wildman–Crippen MR) is 101 cm³/mol. The van der Waals surface area contributed by atoms with Gasteiger partial charge in [0.1, 0.15) is 12.2 Å². The van der Waals surface area contributed by atoms with E-state index >= 15 is 0 Å². The lowest BCUT2D eigenvalue weighted by atomic mass is 10.1. The number of amides is 2. The summed E-state index contributed by atoms with van der Waals surface area (Å²) in [6, 6.07) is 0. The Morgan fingerprint density at radius 1 is 1.41 bits per heavy atom. The number of carbonyl (C=O) groups is 2. The number of rotatable bonds is 7. The fraction of sp³-hybridized carbons (Fsp3) is 0.556. The zero-order valence-corrected chi connectivity index (χ0v) is 16.1. The minimum Gasteiger partial charge on any atom is -0.449 e. The SMILES string of the molecule is C#Cc1cn([C@@H]2O[C@H](C)C(O)C2O)c(=O)nc1NC(=O)OCCCNC(=O)CC. The number of aromatic nitrogens is 2. The molecule has 0 aliphatic carbocycles. The number of hydrogen-bond acceptors (Lipinski definition) is 8. The van der Waals surface area contributed by atoms with Gasteiger partial charge in [-0.25, -0.2) is 9.59 Å². The number of nitrogens with zero attached hydrogens (tertiary/aromatic N) is 2. The van der Waals surface area contributed by atoms with Crippen molar-refractivity contribution in [3.8, 4) is 12.3 Å². The van der Waals surface area contributed by atoms with Crippen LogP contribution in [-0.4, -0.2) is 63.2 Å². The van der Waals surface area contributed by atoms with Gasteiger partial charge in [0.15, 0.2) is 12.0 Å². The minimum absolute atomic E-state index is 0.0379.